The number of aromatic carboxylic acids is 1. The third-order valence-corrected chi connectivity index (χ3v) is 3.26. The normalized spacial score (nSPS) is 11.0. The van der Waals surface area contributed by atoms with Gasteiger partial charge in [0.2, 0.25) is 10.0 Å². The van der Waals surface area contributed by atoms with E-state index in [0.29, 0.717) is 0 Å². The Bertz CT molecular complexity index is 490. The monoisotopic (exact) mass is 240 g/mol. The zero-order chi connectivity index (χ0) is 12.2. The Hall–Kier alpha value is -1.66. The quantitative estimate of drug-likeness (QED) is 0.704. The molecule has 0 radical (unpaired) electrons. The van der Waals surface area contributed by atoms with Crippen LogP contribution in [0.15, 0.2) is 41.8 Å². The molecule has 1 N–H and O–H groups in total. The van der Waals surface area contributed by atoms with Crippen molar-refractivity contribution in [1.29, 1.82) is 0 Å². The van der Waals surface area contributed by atoms with Gasteiger partial charge in [0.05, 0.1) is 10.9 Å². The van der Waals surface area contributed by atoms with Crippen molar-refractivity contribution in [2.45, 2.75) is 4.90 Å². The Balaban J connectivity index is 2.97. The van der Waals surface area contributed by atoms with Gasteiger partial charge in [-0.25, -0.2) is 13.1 Å². The predicted octanol–water partition coefficient (Wildman–Crippen LogP) is -0.486. The van der Waals surface area contributed by atoms with Crippen LogP contribution in [0, 0.1) is 0 Å². The highest BCUT2D eigenvalue weighted by Gasteiger charge is 2.11. The molecule has 0 aliphatic rings. The summed E-state index contributed by atoms with van der Waals surface area (Å²) >= 11 is 0. The van der Waals surface area contributed by atoms with Gasteiger partial charge in [-0.3, -0.25) is 0 Å². The first kappa shape index (κ1) is 12.4. The fourth-order valence-corrected chi connectivity index (χ4v) is 2.02. The first-order valence-electron chi connectivity index (χ1n) is 4.39. The Morgan fingerprint density at radius 1 is 1.38 bits per heavy atom. The van der Waals surface area contributed by atoms with E-state index in [4.69, 9.17) is 0 Å². The van der Waals surface area contributed by atoms with E-state index in [9.17, 15) is 18.3 Å². The van der Waals surface area contributed by atoms with Crippen molar-refractivity contribution in [1.82, 2.24) is 4.72 Å². The molecule has 0 aromatic heterocycles. The van der Waals surface area contributed by atoms with Crippen LogP contribution in [-0.2, 0) is 10.0 Å². The van der Waals surface area contributed by atoms with Gasteiger partial charge in [0.1, 0.15) is 0 Å². The van der Waals surface area contributed by atoms with Gasteiger partial charge in [0.15, 0.2) is 0 Å². The summed E-state index contributed by atoms with van der Waals surface area (Å²) in [5, 5.41) is 10.4. The van der Waals surface area contributed by atoms with Crippen LogP contribution in [0.2, 0.25) is 0 Å². The van der Waals surface area contributed by atoms with Crippen LogP contribution < -0.4 is 9.83 Å². The van der Waals surface area contributed by atoms with Crippen molar-refractivity contribution in [3.8, 4) is 0 Å². The second kappa shape index (κ2) is 4.91. The average Bonchev–Trinajstić information content (AvgIpc) is 2.26. The molecule has 0 amide bonds. The maximum absolute atomic E-state index is 11.6. The van der Waals surface area contributed by atoms with E-state index < -0.39 is 16.0 Å². The zero-order valence-corrected chi connectivity index (χ0v) is 9.16. The number of carboxylic acids is 1. The lowest BCUT2D eigenvalue weighted by atomic mass is 10.2. The van der Waals surface area contributed by atoms with Gasteiger partial charge in [0.25, 0.3) is 0 Å². The van der Waals surface area contributed by atoms with E-state index >= 15 is 0 Å². The van der Waals surface area contributed by atoms with Crippen LogP contribution >= 0.6 is 0 Å². The number of carboxylic acid groups (broad SMARTS) is 1. The van der Waals surface area contributed by atoms with E-state index in [0.717, 1.165) is 0 Å². The summed E-state index contributed by atoms with van der Waals surface area (Å²) in [6, 6.07) is 4.77. The van der Waals surface area contributed by atoms with Crippen molar-refractivity contribution >= 4 is 16.0 Å². The molecule has 5 nitrogen and oxygen atoms in total. The molecule has 1 aromatic carbocycles. The van der Waals surface area contributed by atoms with Crippen LogP contribution in [0.25, 0.3) is 0 Å². The number of rotatable bonds is 5. The highest BCUT2D eigenvalue weighted by atomic mass is 32.2. The number of nitrogens with one attached hydrogen (secondary N) is 1. The standard InChI is InChI=1S/C10H11NO4S/c1-2-7-11-16(14,15)9-5-3-8(4-6-9)10(12)13/h2-6,11H,1,7H2,(H,12,13)/p-1. The summed E-state index contributed by atoms with van der Waals surface area (Å²) in [4.78, 5) is 10.4. The molecule has 0 atom stereocenters. The average molecular weight is 240 g/mol. The summed E-state index contributed by atoms with van der Waals surface area (Å²) in [5.41, 5.74) is -0.0670. The zero-order valence-electron chi connectivity index (χ0n) is 8.34. The Labute approximate surface area is 93.5 Å². The van der Waals surface area contributed by atoms with Gasteiger partial charge < -0.3 is 9.90 Å². The van der Waals surface area contributed by atoms with Gasteiger partial charge in [0, 0.05) is 6.54 Å². The molecule has 1 rings (SSSR count). The fourth-order valence-electron chi connectivity index (χ4n) is 1.02. The summed E-state index contributed by atoms with van der Waals surface area (Å²) in [5.74, 6) is -1.34. The van der Waals surface area contributed by atoms with Crippen LogP contribution in [0.3, 0.4) is 0 Å². The first-order chi connectivity index (χ1) is 7.47. The van der Waals surface area contributed by atoms with Crippen LogP contribution in [0.1, 0.15) is 10.4 Å². The van der Waals surface area contributed by atoms with Crippen LogP contribution in [0.4, 0.5) is 0 Å². The number of hydrogen-bond donors (Lipinski definition) is 1. The van der Waals surface area contributed by atoms with Crippen LogP contribution in [-0.4, -0.2) is 20.9 Å². The third kappa shape index (κ3) is 2.91. The maximum Gasteiger partial charge on any atom is 0.240 e. The van der Waals surface area contributed by atoms with Crippen molar-refractivity contribution in [2.75, 3.05) is 6.54 Å². The van der Waals surface area contributed by atoms with Gasteiger partial charge in [-0.2, -0.15) is 0 Å². The lowest BCUT2D eigenvalue weighted by Crippen LogP contribution is -2.24. The van der Waals surface area contributed by atoms with E-state index in [1.165, 1.54) is 30.3 Å². The summed E-state index contributed by atoms with van der Waals surface area (Å²) in [7, 11) is -3.60. The SMILES string of the molecule is C=CCNS(=O)(=O)c1ccc(C(=O)[O-])cc1. The summed E-state index contributed by atoms with van der Waals surface area (Å²) < 4.78 is 25.4. The number of hydrogen-bond acceptors (Lipinski definition) is 4. The maximum atomic E-state index is 11.6. The van der Waals surface area contributed by atoms with Gasteiger partial charge >= 0.3 is 0 Å². The van der Waals surface area contributed by atoms with Crippen LogP contribution in [0.5, 0.6) is 0 Å². The minimum Gasteiger partial charge on any atom is -0.545 e. The number of carbonyl (C=O) groups is 1. The van der Waals surface area contributed by atoms with E-state index in [1.807, 2.05) is 0 Å². The van der Waals surface area contributed by atoms with E-state index in [-0.39, 0.29) is 17.0 Å². The topological polar surface area (TPSA) is 86.3 Å². The lowest BCUT2D eigenvalue weighted by molar-refractivity contribution is -0.255. The lowest BCUT2D eigenvalue weighted by Gasteiger charge is -2.06. The van der Waals surface area contributed by atoms with Gasteiger partial charge in [-0.15, -0.1) is 6.58 Å². The van der Waals surface area contributed by atoms with Gasteiger partial charge in [-0.1, -0.05) is 18.2 Å². The Morgan fingerprint density at radius 3 is 2.38 bits per heavy atom. The molecular weight excluding hydrogens is 230 g/mol. The van der Waals surface area contributed by atoms with Crippen molar-refractivity contribution < 1.29 is 18.3 Å². The molecule has 0 bridgehead atoms. The molecule has 0 fully saturated rings. The Kier molecular flexibility index (Phi) is 3.81. The number of benzene rings is 1. The molecule has 6 heteroatoms. The second-order valence-corrected chi connectivity index (χ2v) is 4.72. The van der Waals surface area contributed by atoms with E-state index in [2.05, 4.69) is 11.3 Å². The fraction of sp³-hybridized carbons (Fsp3) is 0.100. The Morgan fingerprint density at radius 2 is 1.94 bits per heavy atom. The molecule has 0 aliphatic heterocycles. The minimum absolute atomic E-state index is 0.000602. The number of carbonyl (C=O) groups excluding carboxylic acids is 1. The van der Waals surface area contributed by atoms with E-state index in [1.54, 1.807) is 0 Å². The minimum atomic E-state index is -3.60. The largest absolute Gasteiger partial charge is 0.545 e. The molecule has 0 aliphatic carbocycles. The molecule has 0 saturated heterocycles. The van der Waals surface area contributed by atoms with Crippen molar-refractivity contribution in [3.63, 3.8) is 0 Å². The smallest absolute Gasteiger partial charge is 0.240 e. The molecule has 86 valence electrons. The molecule has 16 heavy (non-hydrogen) atoms. The molecular formula is C10H10NO4S-. The van der Waals surface area contributed by atoms with Gasteiger partial charge in [-0.05, 0) is 17.7 Å². The summed E-state index contributed by atoms with van der Waals surface area (Å²) in [6.45, 7) is 3.50. The number of sulfonamides is 1. The highest BCUT2D eigenvalue weighted by molar-refractivity contribution is 7.89. The predicted molar refractivity (Wildman–Crippen MR) is 56.2 cm³/mol. The molecule has 0 spiro atoms. The van der Waals surface area contributed by atoms with Crippen molar-refractivity contribution in [2.24, 2.45) is 0 Å². The molecule has 0 heterocycles. The first-order valence-corrected chi connectivity index (χ1v) is 5.87. The second-order valence-electron chi connectivity index (χ2n) is 2.95. The molecule has 1 aromatic rings. The third-order valence-electron chi connectivity index (χ3n) is 1.82. The van der Waals surface area contributed by atoms with Crippen molar-refractivity contribution in [3.05, 3.63) is 42.5 Å². The summed E-state index contributed by atoms with van der Waals surface area (Å²) in [6.07, 6.45) is 1.41. The molecule has 0 unspecified atom stereocenters. The molecule has 0 saturated carbocycles. The highest BCUT2D eigenvalue weighted by Crippen LogP contribution is 2.09.